The van der Waals surface area contributed by atoms with E-state index in [2.05, 4.69) is 0 Å². The largest absolute Gasteiger partial charge is 0.481 e. The first-order valence-corrected chi connectivity index (χ1v) is 26.7. The molecule has 0 aliphatic carbocycles. The third kappa shape index (κ3) is 18.3. The SMILES string of the molecule is CCCCC[C@@H](CCCCCCC[C@H](O)CC(=O)O)O[C@@H]1O[C@H](CO[C@@H]2O[C@@H](C)[C@H](O)[C@@H](O)[C@H]2OC(=O)[C@H](C)[C@@H](C)O)[C@@H](O)[C@H](O)[C@H]1O[C@@H]1O[C@H](CO)[C@@H](O[C@@H]2O[C@@H](C)[C@H](O)[C@@H](OC(=O)[C@H](C)[C@@H](C)O)[C@H]2O)[C@H](O)[C@H]1O. The predicted octanol–water partition coefficient (Wildman–Crippen LogP) is -2.02. The number of aliphatic hydroxyl groups is 12. The van der Waals surface area contributed by atoms with Crippen LogP contribution in [0.5, 0.6) is 0 Å². The van der Waals surface area contributed by atoms with E-state index in [0.717, 1.165) is 32.1 Å². The second-order valence-corrected chi connectivity index (χ2v) is 20.9. The highest BCUT2D eigenvalue weighted by molar-refractivity contribution is 5.73. The van der Waals surface area contributed by atoms with Gasteiger partial charge in [-0.15, -0.1) is 0 Å². The lowest BCUT2D eigenvalue weighted by Gasteiger charge is -2.48. The molecule has 4 saturated heterocycles. The van der Waals surface area contributed by atoms with E-state index >= 15 is 0 Å². The number of hydrogen-bond acceptors (Lipinski definition) is 25. The molecule has 0 aromatic heterocycles. The Hall–Kier alpha value is -2.39. The molecule has 0 amide bonds. The van der Waals surface area contributed by atoms with Crippen molar-refractivity contribution < 1.29 is 128 Å². The number of carbonyl (C=O) groups excluding carboxylic acids is 2. The second-order valence-electron chi connectivity index (χ2n) is 20.9. The van der Waals surface area contributed by atoms with Gasteiger partial charge >= 0.3 is 17.9 Å². The van der Waals surface area contributed by atoms with E-state index in [1.807, 2.05) is 6.92 Å². The van der Waals surface area contributed by atoms with Gasteiger partial charge in [-0.25, -0.2) is 0 Å². The third-order valence-corrected chi connectivity index (χ3v) is 14.7. The fourth-order valence-corrected chi connectivity index (χ4v) is 9.20. The lowest BCUT2D eigenvalue weighted by atomic mass is 9.96. The van der Waals surface area contributed by atoms with Crippen molar-refractivity contribution in [1.29, 1.82) is 0 Å². The minimum atomic E-state index is -2.06. The van der Waals surface area contributed by atoms with Crippen molar-refractivity contribution in [3.05, 3.63) is 0 Å². The Balaban J connectivity index is 1.57. The van der Waals surface area contributed by atoms with Gasteiger partial charge in [0, 0.05) is 0 Å². The van der Waals surface area contributed by atoms with Crippen LogP contribution in [0.2, 0.25) is 0 Å². The van der Waals surface area contributed by atoms with E-state index in [1.165, 1.54) is 41.5 Å². The Kier molecular flexibility index (Phi) is 27.5. The van der Waals surface area contributed by atoms with Crippen molar-refractivity contribution in [1.82, 2.24) is 0 Å². The monoisotopic (exact) mass is 1100 g/mol. The standard InChI is InChI=1S/C50H88O26/c1-8-9-13-17-29(18-15-12-10-11-14-16-28(54)19-32(55)56)70-50-44(37(61)35(59)31(72-50)21-67-49-43(36(60)33(57)26(6)69-49)74-46(66)23(3)25(5)53)76-47-39(63)38(62)41(30(20-51)71-47)75-48-40(64)42(34(58)27(7)68-48)73-45(65)22(2)24(4)52/h22-31,33-44,47-54,57-64H,8-21H2,1-7H3,(H,55,56)/t22-,23-,24-,25-,26+,27+,28+,29+,30-,31-,33+,34+,35-,36-,37+,38-,39-,40-,41-,42-,43-,44-,47+,48+,49-,50-/m1/s1. The van der Waals surface area contributed by atoms with Crippen molar-refractivity contribution in [2.45, 2.75) is 273 Å². The van der Waals surface area contributed by atoms with E-state index < -0.39 is 190 Å². The fraction of sp³-hybridized carbons (Fsp3) is 0.940. The predicted molar refractivity (Wildman–Crippen MR) is 258 cm³/mol. The van der Waals surface area contributed by atoms with E-state index in [0.29, 0.717) is 38.5 Å². The maximum absolute atomic E-state index is 12.9. The third-order valence-electron chi connectivity index (χ3n) is 14.7. The molecule has 4 rings (SSSR count). The van der Waals surface area contributed by atoms with Crippen LogP contribution in [0.3, 0.4) is 0 Å². The first-order valence-electron chi connectivity index (χ1n) is 26.7. The summed E-state index contributed by atoms with van der Waals surface area (Å²) in [6.45, 7) is 8.76. The van der Waals surface area contributed by atoms with Crippen molar-refractivity contribution >= 4 is 17.9 Å². The van der Waals surface area contributed by atoms with Crippen molar-refractivity contribution in [3.63, 3.8) is 0 Å². The number of rotatable bonds is 30. The van der Waals surface area contributed by atoms with Gasteiger partial charge in [-0.2, -0.15) is 0 Å². The van der Waals surface area contributed by atoms with Crippen LogP contribution in [-0.2, 0) is 61.8 Å². The molecule has 4 heterocycles. The van der Waals surface area contributed by atoms with Crippen LogP contribution in [-0.4, -0.2) is 245 Å². The zero-order valence-corrected chi connectivity index (χ0v) is 44.5. The average Bonchev–Trinajstić information content (AvgIpc) is 3.36. The normalized spacial score (nSPS) is 38.6. The Morgan fingerprint density at radius 3 is 1.58 bits per heavy atom. The maximum atomic E-state index is 12.9. The number of ether oxygens (including phenoxy) is 10. The number of carbonyl (C=O) groups is 3. The zero-order valence-electron chi connectivity index (χ0n) is 44.5. The summed E-state index contributed by atoms with van der Waals surface area (Å²) in [6, 6.07) is 0. The molecule has 0 saturated carbocycles. The molecule has 0 aromatic rings. The smallest absolute Gasteiger partial charge is 0.311 e. The quantitative estimate of drug-likeness (QED) is 0.0273. The molecule has 0 bridgehead atoms. The number of aliphatic carboxylic acids is 1. The summed E-state index contributed by atoms with van der Waals surface area (Å²) in [6.07, 6.45) is -30.4. The number of carboxylic acid groups (broad SMARTS) is 1. The van der Waals surface area contributed by atoms with Crippen LogP contribution in [0.1, 0.15) is 126 Å². The van der Waals surface area contributed by atoms with E-state index in [4.69, 9.17) is 52.5 Å². The second kappa shape index (κ2) is 31.6. The van der Waals surface area contributed by atoms with Crippen molar-refractivity contribution in [2.24, 2.45) is 11.8 Å². The molecule has 26 nitrogen and oxygen atoms in total. The lowest BCUT2D eigenvalue weighted by Crippen LogP contribution is -2.67. The Bertz CT molecular complexity index is 1710. The van der Waals surface area contributed by atoms with Crippen LogP contribution in [0.15, 0.2) is 0 Å². The van der Waals surface area contributed by atoms with E-state index in [9.17, 15) is 75.7 Å². The topological polar surface area (TPSA) is 407 Å². The first-order chi connectivity index (χ1) is 35.8. The minimum Gasteiger partial charge on any atom is -0.481 e. The van der Waals surface area contributed by atoms with Crippen molar-refractivity contribution in [2.75, 3.05) is 13.2 Å². The molecule has 4 aliphatic heterocycles. The molecule has 0 radical (unpaired) electrons. The molecule has 4 aliphatic rings. The molecule has 76 heavy (non-hydrogen) atoms. The molecule has 444 valence electrons. The molecule has 4 fully saturated rings. The average molecular weight is 1110 g/mol. The van der Waals surface area contributed by atoms with Crippen molar-refractivity contribution in [3.8, 4) is 0 Å². The molecular formula is C50H88O26. The highest BCUT2D eigenvalue weighted by atomic mass is 16.8. The molecule has 26 atom stereocenters. The number of esters is 2. The number of aliphatic hydroxyl groups excluding tert-OH is 12. The molecule has 0 spiro atoms. The number of hydrogen-bond donors (Lipinski definition) is 13. The summed E-state index contributed by atoms with van der Waals surface area (Å²) in [5, 5.41) is 140. The van der Waals surface area contributed by atoms with Crippen LogP contribution in [0, 0.1) is 11.8 Å². The Morgan fingerprint density at radius 2 is 1.00 bits per heavy atom. The highest BCUT2D eigenvalue weighted by Crippen LogP contribution is 2.35. The van der Waals surface area contributed by atoms with Crippen LogP contribution in [0.25, 0.3) is 0 Å². The lowest BCUT2D eigenvalue weighted by molar-refractivity contribution is -0.388. The molecule has 0 aromatic carbocycles. The summed E-state index contributed by atoms with van der Waals surface area (Å²) >= 11 is 0. The minimum absolute atomic E-state index is 0.339. The van der Waals surface area contributed by atoms with E-state index in [1.54, 1.807) is 0 Å². The summed E-state index contributed by atoms with van der Waals surface area (Å²) < 4.78 is 59.1. The fourth-order valence-electron chi connectivity index (χ4n) is 9.20. The van der Waals surface area contributed by atoms with Crippen LogP contribution in [0.4, 0.5) is 0 Å². The van der Waals surface area contributed by atoms with Crippen LogP contribution < -0.4 is 0 Å². The van der Waals surface area contributed by atoms with Gasteiger partial charge in [0.25, 0.3) is 0 Å². The Morgan fingerprint density at radius 1 is 0.513 bits per heavy atom. The molecular weight excluding hydrogens is 1020 g/mol. The summed E-state index contributed by atoms with van der Waals surface area (Å²) in [7, 11) is 0. The highest BCUT2D eigenvalue weighted by Gasteiger charge is 2.55. The number of unbranched alkanes of at least 4 members (excludes halogenated alkanes) is 6. The van der Waals surface area contributed by atoms with Gasteiger partial charge in [0.2, 0.25) is 0 Å². The Labute approximate surface area is 443 Å². The van der Waals surface area contributed by atoms with Gasteiger partial charge in [0.05, 0.1) is 68.1 Å². The van der Waals surface area contributed by atoms with Gasteiger partial charge in [-0.05, 0) is 60.8 Å². The molecule has 13 N–H and O–H groups in total. The summed E-state index contributed by atoms with van der Waals surface area (Å²) in [4.78, 5) is 36.6. The molecule has 0 unspecified atom stereocenters. The van der Waals surface area contributed by atoms with Gasteiger partial charge in [0.15, 0.2) is 37.4 Å². The zero-order chi connectivity index (χ0) is 56.7. The van der Waals surface area contributed by atoms with Gasteiger partial charge < -0.3 is 114 Å². The van der Waals surface area contributed by atoms with Gasteiger partial charge in [0.1, 0.15) is 73.2 Å². The summed E-state index contributed by atoms with van der Waals surface area (Å²) in [5.74, 6) is -5.08. The summed E-state index contributed by atoms with van der Waals surface area (Å²) in [5.41, 5.74) is 0. The van der Waals surface area contributed by atoms with Gasteiger partial charge in [-0.1, -0.05) is 58.3 Å². The number of carboxylic acids is 1. The van der Waals surface area contributed by atoms with Gasteiger partial charge in [-0.3, -0.25) is 14.4 Å². The first kappa shape index (κ1) is 66.1. The van der Waals surface area contributed by atoms with Crippen LogP contribution >= 0.6 is 0 Å². The van der Waals surface area contributed by atoms with E-state index in [-0.39, 0.29) is 6.42 Å². The maximum Gasteiger partial charge on any atom is 0.311 e. The molecule has 26 heteroatoms.